The molecule has 0 amide bonds. The lowest BCUT2D eigenvalue weighted by molar-refractivity contribution is -0.195. The Labute approximate surface area is 108 Å². The molecular formula is C16H20O2. The first-order chi connectivity index (χ1) is 8.85. The predicted molar refractivity (Wildman–Crippen MR) is 69.3 cm³/mol. The van der Waals surface area contributed by atoms with Gasteiger partial charge < -0.3 is 9.47 Å². The Morgan fingerprint density at radius 3 is 2.33 bits per heavy atom. The Hall–Kier alpha value is -0.860. The molecular weight excluding hydrogens is 224 g/mol. The van der Waals surface area contributed by atoms with Crippen LogP contribution in [0.5, 0.6) is 0 Å². The first-order valence-corrected chi connectivity index (χ1v) is 7.19. The van der Waals surface area contributed by atoms with E-state index in [4.69, 9.17) is 9.47 Å². The zero-order chi connectivity index (χ0) is 12.0. The Morgan fingerprint density at radius 2 is 1.61 bits per heavy atom. The summed E-state index contributed by atoms with van der Waals surface area (Å²) < 4.78 is 11.8. The van der Waals surface area contributed by atoms with Crippen molar-refractivity contribution >= 4 is 0 Å². The van der Waals surface area contributed by atoms with Crippen molar-refractivity contribution in [1.82, 2.24) is 0 Å². The maximum Gasteiger partial charge on any atom is 0.168 e. The van der Waals surface area contributed by atoms with E-state index in [-0.39, 0.29) is 5.79 Å². The SMILES string of the molecule is c1ccc2c(c1)CC1CCC3(CC1C2)OCCO3. The third-order valence-electron chi connectivity index (χ3n) is 5.03. The molecule has 1 heterocycles. The summed E-state index contributed by atoms with van der Waals surface area (Å²) in [6, 6.07) is 8.94. The van der Waals surface area contributed by atoms with Crippen molar-refractivity contribution < 1.29 is 9.47 Å². The van der Waals surface area contributed by atoms with Gasteiger partial charge in [0.25, 0.3) is 0 Å². The zero-order valence-corrected chi connectivity index (χ0v) is 10.7. The second-order valence-corrected chi connectivity index (χ2v) is 6.05. The molecule has 4 rings (SSSR count). The minimum Gasteiger partial charge on any atom is -0.348 e. The molecule has 1 spiro atoms. The molecule has 2 nitrogen and oxygen atoms in total. The van der Waals surface area contributed by atoms with Crippen LogP contribution in [0.4, 0.5) is 0 Å². The molecule has 2 fully saturated rings. The van der Waals surface area contributed by atoms with E-state index in [1.807, 2.05) is 0 Å². The van der Waals surface area contributed by atoms with Crippen molar-refractivity contribution in [3.05, 3.63) is 35.4 Å². The van der Waals surface area contributed by atoms with Gasteiger partial charge in [0, 0.05) is 12.8 Å². The van der Waals surface area contributed by atoms with Crippen LogP contribution in [0.25, 0.3) is 0 Å². The van der Waals surface area contributed by atoms with Crippen molar-refractivity contribution in [3.63, 3.8) is 0 Å². The minimum atomic E-state index is -0.215. The van der Waals surface area contributed by atoms with Crippen LogP contribution < -0.4 is 0 Å². The lowest BCUT2D eigenvalue weighted by Crippen LogP contribution is -2.43. The van der Waals surface area contributed by atoms with Gasteiger partial charge in [0.1, 0.15) is 0 Å². The highest BCUT2D eigenvalue weighted by Gasteiger charge is 2.46. The highest BCUT2D eigenvalue weighted by Crippen LogP contribution is 2.46. The zero-order valence-electron chi connectivity index (χ0n) is 10.7. The average molecular weight is 244 g/mol. The molecule has 0 N–H and O–H groups in total. The third-order valence-corrected chi connectivity index (χ3v) is 5.03. The van der Waals surface area contributed by atoms with Gasteiger partial charge in [-0.05, 0) is 42.2 Å². The second-order valence-electron chi connectivity index (χ2n) is 6.05. The molecule has 0 aromatic heterocycles. The van der Waals surface area contributed by atoms with Crippen molar-refractivity contribution in [3.8, 4) is 0 Å². The topological polar surface area (TPSA) is 18.5 Å². The summed E-state index contributed by atoms with van der Waals surface area (Å²) in [4.78, 5) is 0. The summed E-state index contributed by atoms with van der Waals surface area (Å²) in [5.74, 6) is 1.39. The molecule has 1 aromatic rings. The Bertz CT molecular complexity index is 448. The van der Waals surface area contributed by atoms with E-state index in [2.05, 4.69) is 24.3 Å². The fraction of sp³-hybridized carbons (Fsp3) is 0.625. The molecule has 18 heavy (non-hydrogen) atoms. The van der Waals surface area contributed by atoms with E-state index in [0.717, 1.165) is 37.9 Å². The van der Waals surface area contributed by atoms with E-state index in [0.29, 0.717) is 0 Å². The van der Waals surface area contributed by atoms with Gasteiger partial charge in [-0.3, -0.25) is 0 Å². The van der Waals surface area contributed by atoms with Crippen molar-refractivity contribution in [2.45, 2.75) is 37.9 Å². The van der Waals surface area contributed by atoms with Crippen molar-refractivity contribution in [2.24, 2.45) is 11.8 Å². The van der Waals surface area contributed by atoms with Gasteiger partial charge in [-0.25, -0.2) is 0 Å². The molecule has 2 unspecified atom stereocenters. The molecule has 2 atom stereocenters. The van der Waals surface area contributed by atoms with Crippen LogP contribution in [0.2, 0.25) is 0 Å². The van der Waals surface area contributed by atoms with Crippen LogP contribution in [-0.4, -0.2) is 19.0 Å². The molecule has 2 aliphatic carbocycles. The Morgan fingerprint density at radius 1 is 0.944 bits per heavy atom. The van der Waals surface area contributed by atoms with Gasteiger partial charge >= 0.3 is 0 Å². The molecule has 1 aromatic carbocycles. The highest BCUT2D eigenvalue weighted by molar-refractivity contribution is 5.30. The number of rotatable bonds is 0. The van der Waals surface area contributed by atoms with Crippen molar-refractivity contribution in [1.29, 1.82) is 0 Å². The Kier molecular flexibility index (Phi) is 2.49. The van der Waals surface area contributed by atoms with Gasteiger partial charge in [-0.15, -0.1) is 0 Å². The summed E-state index contributed by atoms with van der Waals surface area (Å²) in [6.45, 7) is 1.57. The standard InChI is InChI=1S/C16H20O2/c1-2-4-13-10-15-11-16(17-7-8-18-16)6-5-14(15)9-12(13)3-1/h1-4,14-15H,5-11H2. The number of benzene rings is 1. The Balaban J connectivity index is 1.59. The molecule has 2 heteroatoms. The third kappa shape index (κ3) is 1.70. The van der Waals surface area contributed by atoms with Crippen LogP contribution in [0.3, 0.4) is 0 Å². The smallest absolute Gasteiger partial charge is 0.168 e. The van der Waals surface area contributed by atoms with E-state index in [1.54, 1.807) is 11.1 Å². The van der Waals surface area contributed by atoms with E-state index in [1.165, 1.54) is 19.3 Å². The van der Waals surface area contributed by atoms with Crippen molar-refractivity contribution in [2.75, 3.05) is 13.2 Å². The lowest BCUT2D eigenvalue weighted by atomic mass is 9.67. The largest absolute Gasteiger partial charge is 0.348 e. The molecule has 1 saturated carbocycles. The molecule has 1 saturated heterocycles. The van der Waals surface area contributed by atoms with Crippen LogP contribution >= 0.6 is 0 Å². The predicted octanol–water partition coefficient (Wildman–Crippen LogP) is 2.94. The van der Waals surface area contributed by atoms with Gasteiger partial charge in [0.15, 0.2) is 5.79 Å². The van der Waals surface area contributed by atoms with Gasteiger partial charge in [-0.1, -0.05) is 24.3 Å². The fourth-order valence-electron chi connectivity index (χ4n) is 4.10. The average Bonchev–Trinajstić information content (AvgIpc) is 2.85. The number of ether oxygens (including phenoxy) is 2. The quantitative estimate of drug-likeness (QED) is 0.698. The lowest BCUT2D eigenvalue weighted by Gasteiger charge is -2.43. The maximum absolute atomic E-state index is 5.90. The van der Waals surface area contributed by atoms with Gasteiger partial charge in [0.2, 0.25) is 0 Å². The van der Waals surface area contributed by atoms with Gasteiger partial charge in [0.05, 0.1) is 13.2 Å². The highest BCUT2D eigenvalue weighted by atomic mass is 16.7. The molecule has 96 valence electrons. The summed E-state index contributed by atoms with van der Waals surface area (Å²) in [6.07, 6.45) is 5.94. The minimum absolute atomic E-state index is 0.215. The molecule has 3 aliphatic rings. The van der Waals surface area contributed by atoms with E-state index >= 15 is 0 Å². The molecule has 1 aliphatic heterocycles. The van der Waals surface area contributed by atoms with E-state index < -0.39 is 0 Å². The number of hydrogen-bond acceptors (Lipinski definition) is 2. The molecule has 0 bridgehead atoms. The summed E-state index contributed by atoms with van der Waals surface area (Å²) in [5.41, 5.74) is 3.12. The summed E-state index contributed by atoms with van der Waals surface area (Å²) >= 11 is 0. The summed E-state index contributed by atoms with van der Waals surface area (Å²) in [5, 5.41) is 0. The number of hydrogen-bond donors (Lipinski definition) is 0. The van der Waals surface area contributed by atoms with Crippen LogP contribution in [0.15, 0.2) is 24.3 Å². The van der Waals surface area contributed by atoms with Gasteiger partial charge in [-0.2, -0.15) is 0 Å². The number of fused-ring (bicyclic) bond motifs is 2. The first-order valence-electron chi connectivity index (χ1n) is 7.19. The monoisotopic (exact) mass is 244 g/mol. The van der Waals surface area contributed by atoms with Crippen LogP contribution in [-0.2, 0) is 22.3 Å². The normalized spacial score (nSPS) is 33.1. The van der Waals surface area contributed by atoms with Crippen LogP contribution in [0.1, 0.15) is 30.4 Å². The first kappa shape index (κ1) is 11.0. The van der Waals surface area contributed by atoms with Crippen LogP contribution in [0, 0.1) is 11.8 Å². The second kappa shape index (κ2) is 4.07. The fourth-order valence-corrected chi connectivity index (χ4v) is 4.10. The molecule has 0 radical (unpaired) electrons. The van der Waals surface area contributed by atoms with E-state index in [9.17, 15) is 0 Å². The maximum atomic E-state index is 5.90. The summed E-state index contributed by atoms with van der Waals surface area (Å²) in [7, 11) is 0.